The van der Waals surface area contributed by atoms with Crippen LogP contribution in [0.15, 0.2) is 60.7 Å². The molecule has 0 bridgehead atoms. The molecule has 122 valence electrons. The Morgan fingerprint density at radius 3 is 1.78 bits per heavy atom. The molecule has 1 saturated carbocycles. The summed E-state index contributed by atoms with van der Waals surface area (Å²) in [6.07, 6.45) is 2.94. The van der Waals surface area contributed by atoms with Gasteiger partial charge >= 0.3 is 0 Å². The van der Waals surface area contributed by atoms with Crippen LogP contribution in [0.2, 0.25) is 0 Å². The highest BCUT2D eigenvalue weighted by Crippen LogP contribution is 2.54. The van der Waals surface area contributed by atoms with Gasteiger partial charge in [0.2, 0.25) is 0 Å². The zero-order chi connectivity index (χ0) is 16.5. The first-order valence-corrected chi connectivity index (χ1v) is 10.3. The molecule has 0 aromatic heterocycles. The largest absolute Gasteiger partial charge is 0.314 e. The number of hydrogen-bond donors (Lipinski definition) is 0. The van der Waals surface area contributed by atoms with Crippen molar-refractivity contribution < 1.29 is 4.57 Å². The minimum Gasteiger partial charge on any atom is -0.314 e. The highest BCUT2D eigenvalue weighted by molar-refractivity contribution is 7.78. The Balaban J connectivity index is 1.93. The maximum absolute atomic E-state index is 14.0. The van der Waals surface area contributed by atoms with E-state index >= 15 is 0 Å². The third-order valence-electron chi connectivity index (χ3n) is 5.51. The lowest BCUT2D eigenvalue weighted by molar-refractivity contribution is 0.246. The van der Waals surface area contributed by atoms with Crippen LogP contribution in [0, 0.1) is 5.92 Å². The van der Waals surface area contributed by atoms with Gasteiger partial charge in [0.1, 0.15) is 7.14 Å². The topological polar surface area (TPSA) is 20.3 Å². The van der Waals surface area contributed by atoms with E-state index < -0.39 is 7.14 Å². The lowest BCUT2D eigenvalue weighted by atomic mass is 10.1. The van der Waals surface area contributed by atoms with E-state index in [4.69, 9.17) is 0 Å². The molecule has 2 aromatic carbocycles. The smallest absolute Gasteiger partial charge is 0.143 e. The molecule has 2 atom stereocenters. The lowest BCUT2D eigenvalue weighted by Gasteiger charge is -2.28. The molecule has 0 radical (unpaired) electrons. The molecule has 3 rings (SSSR count). The molecule has 0 saturated heterocycles. The standard InChI is InChI=1S/C20H26NOP/c1-17-16-20(17,21(2)3)14-15-23(22,18-10-6-4-7-11-18)19-12-8-5-9-13-19/h4-13,17H,14-16H2,1-3H3/t17-,20-/m0/s1. The van der Waals surface area contributed by atoms with Crippen LogP contribution >= 0.6 is 7.14 Å². The van der Waals surface area contributed by atoms with Gasteiger partial charge in [-0.05, 0) is 32.9 Å². The summed E-state index contributed by atoms with van der Waals surface area (Å²) in [6.45, 7) is 2.30. The van der Waals surface area contributed by atoms with E-state index in [1.807, 2.05) is 60.7 Å². The van der Waals surface area contributed by atoms with Gasteiger partial charge in [-0.2, -0.15) is 0 Å². The lowest BCUT2D eigenvalue weighted by Crippen LogP contribution is -2.34. The summed E-state index contributed by atoms with van der Waals surface area (Å²) in [7, 11) is 1.73. The van der Waals surface area contributed by atoms with Gasteiger partial charge in [0.15, 0.2) is 0 Å². The highest BCUT2D eigenvalue weighted by atomic mass is 31.2. The van der Waals surface area contributed by atoms with Crippen molar-refractivity contribution in [2.24, 2.45) is 5.92 Å². The first-order chi connectivity index (χ1) is 11.0. The van der Waals surface area contributed by atoms with E-state index in [2.05, 4.69) is 25.9 Å². The quantitative estimate of drug-likeness (QED) is 0.754. The molecule has 2 aromatic rings. The molecule has 1 aliphatic carbocycles. The number of nitrogens with zero attached hydrogens (tertiary/aromatic N) is 1. The average Bonchev–Trinajstić information content (AvgIpc) is 3.26. The van der Waals surface area contributed by atoms with E-state index in [1.165, 1.54) is 6.42 Å². The molecule has 3 heteroatoms. The second kappa shape index (κ2) is 6.26. The van der Waals surface area contributed by atoms with Gasteiger partial charge in [-0.1, -0.05) is 67.6 Å². The third-order valence-corrected chi connectivity index (χ3v) is 8.63. The van der Waals surface area contributed by atoms with Gasteiger partial charge < -0.3 is 9.46 Å². The second-order valence-electron chi connectivity index (χ2n) is 6.99. The fourth-order valence-electron chi connectivity index (χ4n) is 3.76. The predicted molar refractivity (Wildman–Crippen MR) is 99.4 cm³/mol. The molecule has 0 unspecified atom stereocenters. The van der Waals surface area contributed by atoms with Gasteiger partial charge in [0.25, 0.3) is 0 Å². The minimum absolute atomic E-state index is 0.235. The van der Waals surface area contributed by atoms with Gasteiger partial charge in [-0.25, -0.2) is 0 Å². The Hall–Kier alpha value is -1.37. The van der Waals surface area contributed by atoms with Crippen molar-refractivity contribution in [3.63, 3.8) is 0 Å². The van der Waals surface area contributed by atoms with Crippen LogP contribution in [-0.2, 0) is 4.57 Å². The van der Waals surface area contributed by atoms with Crippen LogP contribution in [0.5, 0.6) is 0 Å². The normalized spacial score (nSPS) is 23.9. The number of hydrogen-bond acceptors (Lipinski definition) is 2. The molecule has 0 N–H and O–H groups in total. The van der Waals surface area contributed by atoms with Crippen LogP contribution < -0.4 is 10.6 Å². The fraction of sp³-hybridized carbons (Fsp3) is 0.400. The van der Waals surface area contributed by atoms with E-state index in [9.17, 15) is 4.57 Å². The number of benzene rings is 2. The van der Waals surface area contributed by atoms with Crippen molar-refractivity contribution in [1.29, 1.82) is 0 Å². The van der Waals surface area contributed by atoms with Crippen LogP contribution in [-0.4, -0.2) is 30.7 Å². The molecule has 0 aliphatic heterocycles. The van der Waals surface area contributed by atoms with Crippen molar-refractivity contribution in [3.8, 4) is 0 Å². The molecular weight excluding hydrogens is 301 g/mol. The van der Waals surface area contributed by atoms with Crippen molar-refractivity contribution in [2.75, 3.05) is 20.3 Å². The van der Waals surface area contributed by atoms with E-state index in [1.54, 1.807) is 0 Å². The zero-order valence-electron chi connectivity index (χ0n) is 14.3. The van der Waals surface area contributed by atoms with Crippen molar-refractivity contribution >= 4 is 17.8 Å². The number of rotatable bonds is 6. The minimum atomic E-state index is -2.57. The molecule has 2 nitrogen and oxygen atoms in total. The van der Waals surface area contributed by atoms with Crippen molar-refractivity contribution in [3.05, 3.63) is 60.7 Å². The molecule has 1 aliphatic rings. The predicted octanol–water partition coefficient (Wildman–Crippen LogP) is 3.73. The van der Waals surface area contributed by atoms with Crippen LogP contribution in [0.1, 0.15) is 19.8 Å². The van der Waals surface area contributed by atoms with E-state index in [0.29, 0.717) is 5.92 Å². The maximum Gasteiger partial charge on any atom is 0.143 e. The molecule has 23 heavy (non-hydrogen) atoms. The van der Waals surface area contributed by atoms with E-state index in [0.717, 1.165) is 23.2 Å². The SMILES string of the molecule is C[C@H]1C[C@]1(CCP(=O)(c1ccccc1)c1ccccc1)N(C)C. The summed E-state index contributed by atoms with van der Waals surface area (Å²) in [6, 6.07) is 20.0. The van der Waals surface area contributed by atoms with Gasteiger partial charge in [-0.15, -0.1) is 0 Å². The van der Waals surface area contributed by atoms with Crippen LogP contribution in [0.4, 0.5) is 0 Å². The Kier molecular flexibility index (Phi) is 4.49. The Labute approximate surface area is 139 Å². The third kappa shape index (κ3) is 3.03. The summed E-state index contributed by atoms with van der Waals surface area (Å²) in [5, 5.41) is 1.96. The Morgan fingerprint density at radius 2 is 1.43 bits per heavy atom. The van der Waals surface area contributed by atoms with Gasteiger partial charge in [0.05, 0.1) is 0 Å². The van der Waals surface area contributed by atoms with Crippen LogP contribution in [0.25, 0.3) is 0 Å². The zero-order valence-corrected chi connectivity index (χ0v) is 15.2. The summed E-state index contributed by atoms with van der Waals surface area (Å²) in [4.78, 5) is 2.33. The summed E-state index contributed by atoms with van der Waals surface area (Å²) < 4.78 is 14.0. The maximum atomic E-state index is 14.0. The van der Waals surface area contributed by atoms with E-state index in [-0.39, 0.29) is 5.54 Å². The molecule has 0 amide bonds. The van der Waals surface area contributed by atoms with Crippen molar-refractivity contribution in [1.82, 2.24) is 4.90 Å². The van der Waals surface area contributed by atoms with Crippen LogP contribution in [0.3, 0.4) is 0 Å². The van der Waals surface area contributed by atoms with Gasteiger partial charge in [-0.3, -0.25) is 0 Å². The first kappa shape index (κ1) is 16.5. The fourth-order valence-corrected chi connectivity index (χ4v) is 6.59. The molecule has 1 fully saturated rings. The average molecular weight is 327 g/mol. The Bertz CT molecular complexity index is 655. The summed E-state index contributed by atoms with van der Waals surface area (Å²) in [5.74, 6) is 0.692. The second-order valence-corrected chi connectivity index (χ2v) is 9.95. The molecule has 0 heterocycles. The monoisotopic (exact) mass is 327 g/mol. The highest BCUT2D eigenvalue weighted by Gasteiger charge is 2.53. The summed E-state index contributed by atoms with van der Waals surface area (Å²) >= 11 is 0. The Morgan fingerprint density at radius 1 is 1.00 bits per heavy atom. The molecule has 0 spiro atoms. The van der Waals surface area contributed by atoms with Crippen molar-refractivity contribution in [2.45, 2.75) is 25.3 Å². The first-order valence-electron chi connectivity index (χ1n) is 8.37. The van der Waals surface area contributed by atoms with Gasteiger partial charge in [0, 0.05) is 22.3 Å². The summed E-state index contributed by atoms with van der Waals surface area (Å²) in [5.41, 5.74) is 0.235. The molecular formula is C20H26NOP.